The lowest BCUT2D eigenvalue weighted by Gasteiger charge is -2.14. The number of fused-ring (bicyclic) bond motifs is 1. The van der Waals surface area contributed by atoms with Crippen LogP contribution in [0.2, 0.25) is 0 Å². The molecule has 1 aromatic heterocycles. The van der Waals surface area contributed by atoms with Crippen molar-refractivity contribution >= 4 is 46.0 Å². The molecular formula is C16H14N2O2S2. The van der Waals surface area contributed by atoms with E-state index < -0.39 is 0 Å². The molecule has 0 unspecified atom stereocenters. The van der Waals surface area contributed by atoms with Gasteiger partial charge in [-0.25, -0.2) is 4.98 Å². The number of hydrogen-bond donors (Lipinski definition) is 0. The van der Waals surface area contributed by atoms with Gasteiger partial charge in [-0.1, -0.05) is 23.9 Å². The number of anilines is 1. The number of hydrogen-bond acceptors (Lipinski definition) is 5. The van der Waals surface area contributed by atoms with Crippen LogP contribution in [0.4, 0.5) is 5.13 Å². The Labute approximate surface area is 136 Å². The standard InChI is InChI=1S/C16H14N2O2S2/c1-3-18(10(2)19)16-17-11(9-21-16)8-14-15(20)12-6-4-5-7-13(12)22-14/h4-9H,3H2,1-2H3/b14-8-. The van der Waals surface area contributed by atoms with Gasteiger partial charge in [0, 0.05) is 29.3 Å². The molecule has 0 atom stereocenters. The molecule has 0 N–H and O–H groups in total. The van der Waals surface area contributed by atoms with Gasteiger partial charge < -0.3 is 0 Å². The van der Waals surface area contributed by atoms with Crippen LogP contribution >= 0.6 is 23.1 Å². The summed E-state index contributed by atoms with van der Waals surface area (Å²) in [6.45, 7) is 4.02. The first-order valence-electron chi connectivity index (χ1n) is 6.87. The van der Waals surface area contributed by atoms with Crippen molar-refractivity contribution < 1.29 is 9.59 Å². The number of amides is 1. The molecule has 6 heteroatoms. The number of allylic oxidation sites excluding steroid dienone is 1. The summed E-state index contributed by atoms with van der Waals surface area (Å²) >= 11 is 2.87. The van der Waals surface area contributed by atoms with E-state index in [-0.39, 0.29) is 11.7 Å². The first-order valence-corrected chi connectivity index (χ1v) is 8.56. The predicted molar refractivity (Wildman–Crippen MR) is 90.4 cm³/mol. The highest BCUT2D eigenvalue weighted by Gasteiger charge is 2.25. The topological polar surface area (TPSA) is 50.3 Å². The summed E-state index contributed by atoms with van der Waals surface area (Å²) in [6, 6.07) is 7.58. The lowest BCUT2D eigenvalue weighted by atomic mass is 10.1. The molecule has 1 amide bonds. The van der Waals surface area contributed by atoms with E-state index in [4.69, 9.17) is 0 Å². The summed E-state index contributed by atoms with van der Waals surface area (Å²) in [5.41, 5.74) is 1.46. The van der Waals surface area contributed by atoms with Crippen LogP contribution in [0.15, 0.2) is 39.4 Å². The Morgan fingerprint density at radius 3 is 2.82 bits per heavy atom. The molecule has 0 radical (unpaired) electrons. The van der Waals surface area contributed by atoms with E-state index in [1.807, 2.05) is 36.6 Å². The molecule has 2 aromatic rings. The fraction of sp³-hybridized carbons (Fsp3) is 0.188. The Morgan fingerprint density at radius 1 is 1.36 bits per heavy atom. The van der Waals surface area contributed by atoms with E-state index in [0.29, 0.717) is 22.3 Å². The second kappa shape index (κ2) is 6.06. The first-order chi connectivity index (χ1) is 10.6. The second-order valence-corrected chi connectivity index (χ2v) is 6.67. The zero-order valence-electron chi connectivity index (χ0n) is 12.2. The maximum absolute atomic E-state index is 12.3. The summed E-state index contributed by atoms with van der Waals surface area (Å²) in [4.78, 5) is 31.6. The first kappa shape index (κ1) is 15.0. The molecule has 2 heterocycles. The van der Waals surface area contributed by atoms with Crippen molar-refractivity contribution in [2.75, 3.05) is 11.4 Å². The molecule has 3 rings (SSSR count). The average Bonchev–Trinajstić information content (AvgIpc) is 3.06. The highest BCUT2D eigenvalue weighted by Crippen LogP contribution is 2.40. The molecule has 0 saturated heterocycles. The van der Waals surface area contributed by atoms with Crippen LogP contribution in [0.3, 0.4) is 0 Å². The van der Waals surface area contributed by atoms with Crippen molar-refractivity contribution in [2.24, 2.45) is 0 Å². The van der Waals surface area contributed by atoms with Crippen LogP contribution in [0.1, 0.15) is 29.9 Å². The highest BCUT2D eigenvalue weighted by molar-refractivity contribution is 8.04. The summed E-state index contributed by atoms with van der Waals surface area (Å²) in [7, 11) is 0. The van der Waals surface area contributed by atoms with Gasteiger partial charge in [0.2, 0.25) is 11.7 Å². The van der Waals surface area contributed by atoms with Gasteiger partial charge >= 0.3 is 0 Å². The van der Waals surface area contributed by atoms with Gasteiger partial charge in [-0.3, -0.25) is 14.5 Å². The molecule has 0 fully saturated rings. The second-order valence-electron chi connectivity index (χ2n) is 4.75. The van der Waals surface area contributed by atoms with Crippen molar-refractivity contribution in [3.8, 4) is 0 Å². The highest BCUT2D eigenvalue weighted by atomic mass is 32.2. The zero-order chi connectivity index (χ0) is 15.7. The Bertz CT molecular complexity index is 780. The quantitative estimate of drug-likeness (QED) is 0.802. The van der Waals surface area contributed by atoms with Crippen LogP contribution in [0.25, 0.3) is 6.08 Å². The molecule has 1 aromatic carbocycles. The summed E-state index contributed by atoms with van der Waals surface area (Å²) in [5.74, 6) is 0.00356. The molecule has 22 heavy (non-hydrogen) atoms. The molecule has 0 bridgehead atoms. The lowest BCUT2D eigenvalue weighted by molar-refractivity contribution is -0.116. The SMILES string of the molecule is CCN(C(C)=O)c1nc(/C=C2\Sc3ccccc3C2=O)cs1. The third-order valence-electron chi connectivity index (χ3n) is 3.29. The van der Waals surface area contributed by atoms with E-state index in [0.717, 1.165) is 10.5 Å². The maximum Gasteiger partial charge on any atom is 0.225 e. The van der Waals surface area contributed by atoms with Crippen molar-refractivity contribution in [1.29, 1.82) is 0 Å². The largest absolute Gasteiger partial charge is 0.289 e. The number of thiazole rings is 1. The molecule has 1 aliphatic rings. The van der Waals surface area contributed by atoms with Crippen LogP contribution in [0.5, 0.6) is 0 Å². The monoisotopic (exact) mass is 330 g/mol. The van der Waals surface area contributed by atoms with E-state index >= 15 is 0 Å². The van der Waals surface area contributed by atoms with Crippen LogP contribution in [0, 0.1) is 0 Å². The van der Waals surface area contributed by atoms with Gasteiger partial charge in [0.25, 0.3) is 0 Å². The van der Waals surface area contributed by atoms with Crippen LogP contribution in [-0.2, 0) is 4.79 Å². The van der Waals surface area contributed by atoms with Gasteiger partial charge in [0.05, 0.1) is 10.6 Å². The number of ketones is 1. The number of carbonyl (C=O) groups is 2. The Kier molecular flexibility index (Phi) is 4.13. The number of aromatic nitrogens is 1. The van der Waals surface area contributed by atoms with E-state index in [2.05, 4.69) is 4.98 Å². The van der Waals surface area contributed by atoms with Gasteiger partial charge in [0.15, 0.2) is 5.13 Å². The summed E-state index contributed by atoms with van der Waals surface area (Å²) < 4.78 is 0. The van der Waals surface area contributed by atoms with Crippen molar-refractivity contribution in [2.45, 2.75) is 18.7 Å². The van der Waals surface area contributed by atoms with Crippen LogP contribution < -0.4 is 4.90 Å². The Balaban J connectivity index is 1.87. The fourth-order valence-electron chi connectivity index (χ4n) is 2.23. The minimum atomic E-state index is -0.0326. The minimum absolute atomic E-state index is 0.0326. The molecule has 112 valence electrons. The third kappa shape index (κ3) is 2.71. The smallest absolute Gasteiger partial charge is 0.225 e. The van der Waals surface area contributed by atoms with Gasteiger partial charge in [-0.05, 0) is 25.1 Å². The minimum Gasteiger partial charge on any atom is -0.289 e. The van der Waals surface area contributed by atoms with E-state index in [1.165, 1.54) is 30.0 Å². The number of rotatable bonds is 3. The normalized spacial score (nSPS) is 15.2. The number of thioether (sulfide) groups is 1. The van der Waals surface area contributed by atoms with Gasteiger partial charge in [-0.2, -0.15) is 0 Å². The zero-order valence-corrected chi connectivity index (χ0v) is 13.8. The lowest BCUT2D eigenvalue weighted by Crippen LogP contribution is -2.27. The number of benzene rings is 1. The van der Waals surface area contributed by atoms with E-state index in [1.54, 1.807) is 11.0 Å². The summed E-state index contributed by atoms with van der Waals surface area (Å²) in [6.07, 6.45) is 1.79. The molecule has 0 aliphatic carbocycles. The van der Waals surface area contributed by atoms with Crippen molar-refractivity contribution in [1.82, 2.24) is 4.98 Å². The Morgan fingerprint density at radius 2 is 2.14 bits per heavy atom. The molecule has 4 nitrogen and oxygen atoms in total. The third-order valence-corrected chi connectivity index (χ3v) is 5.27. The van der Waals surface area contributed by atoms with E-state index in [9.17, 15) is 9.59 Å². The number of Topliss-reactive ketones (excluding diaryl/α,β-unsaturated/α-hetero) is 1. The average molecular weight is 330 g/mol. The predicted octanol–water partition coefficient (Wildman–Crippen LogP) is 3.85. The van der Waals surface area contributed by atoms with Crippen molar-refractivity contribution in [3.63, 3.8) is 0 Å². The Hall–Kier alpha value is -1.92. The number of nitrogens with zero attached hydrogens (tertiary/aromatic N) is 2. The fourth-order valence-corrected chi connectivity index (χ4v) is 4.16. The van der Waals surface area contributed by atoms with Gasteiger partial charge in [0.1, 0.15) is 0 Å². The molecule has 0 spiro atoms. The van der Waals surface area contributed by atoms with Crippen molar-refractivity contribution in [3.05, 3.63) is 45.8 Å². The number of carbonyl (C=O) groups excluding carboxylic acids is 2. The molecular weight excluding hydrogens is 316 g/mol. The molecule has 0 saturated carbocycles. The van der Waals surface area contributed by atoms with Crippen LogP contribution in [-0.4, -0.2) is 23.2 Å². The van der Waals surface area contributed by atoms with Gasteiger partial charge in [-0.15, -0.1) is 11.3 Å². The maximum atomic E-state index is 12.3. The summed E-state index contributed by atoms with van der Waals surface area (Å²) in [5, 5.41) is 2.53. The molecule has 1 aliphatic heterocycles.